The summed E-state index contributed by atoms with van der Waals surface area (Å²) in [7, 11) is 0. The number of likely N-dealkylation sites (tertiary alicyclic amines) is 1. The normalized spacial score (nSPS) is 21.3. The molecule has 7 heteroatoms. The lowest BCUT2D eigenvalue weighted by Crippen LogP contribution is -2.29. The van der Waals surface area contributed by atoms with Crippen molar-refractivity contribution in [2.24, 2.45) is 0 Å². The highest BCUT2D eigenvalue weighted by Gasteiger charge is 2.31. The fourth-order valence-electron chi connectivity index (χ4n) is 2.89. The number of nitrogens with zero attached hydrogens (tertiary/aromatic N) is 5. The molecule has 114 valence electrons. The van der Waals surface area contributed by atoms with E-state index in [4.69, 9.17) is 0 Å². The number of amides is 1. The molecule has 0 radical (unpaired) electrons. The van der Waals surface area contributed by atoms with Gasteiger partial charge in [0.15, 0.2) is 0 Å². The van der Waals surface area contributed by atoms with E-state index in [2.05, 4.69) is 37.4 Å². The van der Waals surface area contributed by atoms with E-state index in [1.165, 1.54) is 12.8 Å². The van der Waals surface area contributed by atoms with E-state index in [-0.39, 0.29) is 11.9 Å². The molecule has 0 spiro atoms. The fourth-order valence-corrected chi connectivity index (χ4v) is 3.25. The van der Waals surface area contributed by atoms with Crippen LogP contribution in [0.15, 0.2) is 29.1 Å². The van der Waals surface area contributed by atoms with Gasteiger partial charge in [0.1, 0.15) is 0 Å². The van der Waals surface area contributed by atoms with E-state index in [0.29, 0.717) is 18.0 Å². The highest BCUT2D eigenvalue weighted by Crippen LogP contribution is 2.39. The lowest BCUT2D eigenvalue weighted by atomic mass is 10.2. The zero-order valence-electron chi connectivity index (χ0n) is 12.0. The van der Waals surface area contributed by atoms with Crippen molar-refractivity contribution in [3.05, 3.63) is 40.4 Å². The highest BCUT2D eigenvalue weighted by atomic mass is 79.9. The van der Waals surface area contributed by atoms with Crippen LogP contribution < -0.4 is 0 Å². The van der Waals surface area contributed by atoms with Crippen molar-refractivity contribution in [2.75, 3.05) is 13.1 Å². The van der Waals surface area contributed by atoms with E-state index in [1.807, 2.05) is 15.6 Å². The lowest BCUT2D eigenvalue weighted by Gasteiger charge is -2.16. The summed E-state index contributed by atoms with van der Waals surface area (Å²) in [6.07, 6.45) is 8.71. The molecule has 1 saturated carbocycles. The summed E-state index contributed by atoms with van der Waals surface area (Å²) in [4.78, 5) is 18.4. The smallest absolute Gasteiger partial charge is 0.255 e. The number of carbonyl (C=O) groups excluding carboxylic acids is 1. The van der Waals surface area contributed by atoms with Gasteiger partial charge in [0.2, 0.25) is 0 Å². The maximum absolute atomic E-state index is 12.5. The molecule has 1 saturated heterocycles. The first-order chi connectivity index (χ1) is 10.7. The minimum Gasteiger partial charge on any atom is -0.336 e. The van der Waals surface area contributed by atoms with E-state index in [1.54, 1.807) is 12.4 Å². The average Bonchev–Trinajstić information content (AvgIpc) is 3.06. The van der Waals surface area contributed by atoms with Gasteiger partial charge in [-0.2, -0.15) is 0 Å². The third kappa shape index (κ3) is 2.65. The first-order valence-electron chi connectivity index (χ1n) is 7.52. The standard InChI is InChI=1S/C15H16BrN5O/c16-12-5-11(6-17-7-12)15(22)20-4-3-13(8-20)21-9-14(18-19-21)10-1-2-10/h5-7,9-10,13H,1-4,8H2. The van der Waals surface area contributed by atoms with Gasteiger partial charge in [-0.25, -0.2) is 4.68 Å². The number of rotatable bonds is 3. The molecule has 1 unspecified atom stereocenters. The fraction of sp³-hybridized carbons (Fsp3) is 0.467. The molecule has 1 aliphatic heterocycles. The first kappa shape index (κ1) is 13.9. The van der Waals surface area contributed by atoms with Crippen molar-refractivity contribution in [1.82, 2.24) is 24.9 Å². The predicted molar refractivity (Wildman–Crippen MR) is 83.5 cm³/mol. The van der Waals surface area contributed by atoms with Crippen molar-refractivity contribution in [3.8, 4) is 0 Å². The van der Waals surface area contributed by atoms with Crippen LogP contribution in [0, 0.1) is 0 Å². The van der Waals surface area contributed by atoms with Gasteiger partial charge in [-0.15, -0.1) is 5.10 Å². The number of aromatic nitrogens is 4. The molecule has 3 heterocycles. The lowest BCUT2D eigenvalue weighted by molar-refractivity contribution is 0.0786. The third-order valence-corrected chi connectivity index (χ3v) is 4.73. The van der Waals surface area contributed by atoms with Gasteiger partial charge in [-0.3, -0.25) is 9.78 Å². The van der Waals surface area contributed by atoms with Crippen LogP contribution in [0.2, 0.25) is 0 Å². The van der Waals surface area contributed by atoms with Crippen molar-refractivity contribution in [1.29, 1.82) is 0 Å². The van der Waals surface area contributed by atoms with Crippen LogP contribution in [0.3, 0.4) is 0 Å². The van der Waals surface area contributed by atoms with Crippen molar-refractivity contribution in [3.63, 3.8) is 0 Å². The Morgan fingerprint density at radius 3 is 2.91 bits per heavy atom. The van der Waals surface area contributed by atoms with Gasteiger partial charge >= 0.3 is 0 Å². The first-order valence-corrected chi connectivity index (χ1v) is 8.31. The molecular weight excluding hydrogens is 346 g/mol. The maximum Gasteiger partial charge on any atom is 0.255 e. The van der Waals surface area contributed by atoms with Crippen LogP contribution >= 0.6 is 15.9 Å². The SMILES string of the molecule is O=C(c1cncc(Br)c1)N1CCC(n2cc(C3CC3)nn2)C1. The zero-order valence-corrected chi connectivity index (χ0v) is 13.6. The Kier molecular flexibility index (Phi) is 3.44. The molecule has 22 heavy (non-hydrogen) atoms. The molecule has 0 bridgehead atoms. The van der Waals surface area contributed by atoms with Gasteiger partial charge in [0.05, 0.1) is 17.3 Å². The second-order valence-corrected chi connectivity index (χ2v) is 6.90. The van der Waals surface area contributed by atoms with E-state index >= 15 is 0 Å². The van der Waals surface area contributed by atoms with Crippen LogP contribution in [0.1, 0.15) is 47.3 Å². The maximum atomic E-state index is 12.5. The zero-order chi connectivity index (χ0) is 15.1. The van der Waals surface area contributed by atoms with Gasteiger partial charge < -0.3 is 4.90 Å². The molecule has 2 aliphatic rings. The summed E-state index contributed by atoms with van der Waals surface area (Å²) in [5.41, 5.74) is 1.72. The molecule has 2 aromatic heterocycles. The predicted octanol–water partition coefficient (Wildman–Crippen LogP) is 2.40. The molecule has 6 nitrogen and oxygen atoms in total. The van der Waals surface area contributed by atoms with Crippen molar-refractivity contribution >= 4 is 21.8 Å². The van der Waals surface area contributed by atoms with Gasteiger partial charge in [-0.05, 0) is 41.3 Å². The Bertz CT molecular complexity index is 711. The molecule has 4 rings (SSSR count). The molecule has 2 aromatic rings. The second-order valence-electron chi connectivity index (χ2n) is 5.98. The van der Waals surface area contributed by atoms with E-state index in [0.717, 1.165) is 23.1 Å². The van der Waals surface area contributed by atoms with E-state index in [9.17, 15) is 4.79 Å². The van der Waals surface area contributed by atoms with Crippen LogP contribution in [-0.4, -0.2) is 43.9 Å². The third-order valence-electron chi connectivity index (χ3n) is 4.30. The van der Waals surface area contributed by atoms with Crippen LogP contribution in [-0.2, 0) is 0 Å². The summed E-state index contributed by atoms with van der Waals surface area (Å²) in [6.45, 7) is 1.42. The summed E-state index contributed by atoms with van der Waals surface area (Å²) in [6, 6.07) is 2.03. The molecular formula is C15H16BrN5O. The highest BCUT2D eigenvalue weighted by molar-refractivity contribution is 9.10. The van der Waals surface area contributed by atoms with Crippen molar-refractivity contribution < 1.29 is 4.79 Å². The Morgan fingerprint density at radius 1 is 1.27 bits per heavy atom. The Morgan fingerprint density at radius 2 is 2.14 bits per heavy atom. The van der Waals surface area contributed by atoms with Gasteiger partial charge in [-0.1, -0.05) is 5.21 Å². The second kappa shape index (κ2) is 5.46. The van der Waals surface area contributed by atoms with E-state index < -0.39 is 0 Å². The minimum absolute atomic E-state index is 0.0267. The molecule has 1 aliphatic carbocycles. The quantitative estimate of drug-likeness (QED) is 0.841. The molecule has 0 aromatic carbocycles. The monoisotopic (exact) mass is 361 g/mol. The van der Waals surface area contributed by atoms with Crippen LogP contribution in [0.4, 0.5) is 0 Å². The molecule has 1 atom stereocenters. The minimum atomic E-state index is 0.0267. The number of hydrogen-bond acceptors (Lipinski definition) is 4. The van der Waals surface area contributed by atoms with Crippen LogP contribution in [0.25, 0.3) is 0 Å². The summed E-state index contributed by atoms with van der Waals surface area (Å²) >= 11 is 3.35. The Balaban J connectivity index is 1.46. The molecule has 1 amide bonds. The number of hydrogen-bond donors (Lipinski definition) is 0. The Labute approximate surface area is 136 Å². The largest absolute Gasteiger partial charge is 0.336 e. The van der Waals surface area contributed by atoms with Crippen molar-refractivity contribution in [2.45, 2.75) is 31.2 Å². The summed E-state index contributed by atoms with van der Waals surface area (Å²) in [5.74, 6) is 0.638. The topological polar surface area (TPSA) is 63.9 Å². The Hall–Kier alpha value is -1.76. The van der Waals surface area contributed by atoms with Gasteiger partial charge in [0.25, 0.3) is 5.91 Å². The molecule has 2 fully saturated rings. The number of carbonyl (C=O) groups is 1. The molecule has 0 N–H and O–H groups in total. The number of halogens is 1. The van der Waals surface area contributed by atoms with Gasteiger partial charge in [0, 0.05) is 42.1 Å². The summed E-state index contributed by atoms with van der Waals surface area (Å²) < 4.78 is 2.75. The number of pyridine rings is 1. The average molecular weight is 362 g/mol. The van der Waals surface area contributed by atoms with Crippen LogP contribution in [0.5, 0.6) is 0 Å². The summed E-state index contributed by atoms with van der Waals surface area (Å²) in [5, 5.41) is 8.50.